The molecule has 1 aromatic rings. The maximum atomic E-state index is 9.33. The number of β-amino-alcohol motifs (C(OH)–C–C–N with tert-alkyl or cyclic N) is 1. The summed E-state index contributed by atoms with van der Waals surface area (Å²) in [6, 6.07) is 8.02. The van der Waals surface area contributed by atoms with Gasteiger partial charge < -0.3 is 10.4 Å². The van der Waals surface area contributed by atoms with Crippen molar-refractivity contribution < 1.29 is 5.11 Å². The number of aliphatic hydroxyl groups is 1. The normalized spacial score (nSPS) is 27.8. The molecule has 70 valence electrons. The third-order valence-corrected chi connectivity index (χ3v) is 2.59. The molecular weight excluding hydrogens is 186 g/mol. The van der Waals surface area contributed by atoms with Gasteiger partial charge in [0.25, 0.3) is 0 Å². The summed E-state index contributed by atoms with van der Waals surface area (Å²) in [5.41, 5.74) is 1.16. The van der Waals surface area contributed by atoms with Crippen LogP contribution in [0.5, 0.6) is 0 Å². The Morgan fingerprint density at radius 2 is 2.31 bits per heavy atom. The highest BCUT2D eigenvalue weighted by molar-refractivity contribution is 6.30. The van der Waals surface area contributed by atoms with E-state index < -0.39 is 0 Å². The van der Waals surface area contributed by atoms with Gasteiger partial charge in [-0.2, -0.15) is 0 Å². The molecule has 2 N–H and O–H groups in total. The lowest BCUT2D eigenvalue weighted by atomic mass is 10.1. The summed E-state index contributed by atoms with van der Waals surface area (Å²) in [4.78, 5) is 0. The molecule has 0 spiro atoms. The molecule has 13 heavy (non-hydrogen) atoms. The fourth-order valence-corrected chi connectivity index (χ4v) is 1.89. The standard InChI is InChI=1S/C10H12ClNO/c11-8-3-1-2-7(4-8)10-5-9(13)6-12-10/h1-4,9-10,12-13H,5-6H2. The van der Waals surface area contributed by atoms with Crippen LogP contribution in [0.3, 0.4) is 0 Å². The fraction of sp³-hybridized carbons (Fsp3) is 0.400. The first-order chi connectivity index (χ1) is 6.25. The Morgan fingerprint density at radius 3 is 2.92 bits per heavy atom. The monoisotopic (exact) mass is 197 g/mol. The van der Waals surface area contributed by atoms with Crippen LogP contribution < -0.4 is 5.32 Å². The van der Waals surface area contributed by atoms with E-state index in [0.29, 0.717) is 6.54 Å². The lowest BCUT2D eigenvalue weighted by molar-refractivity contribution is 0.193. The molecule has 1 aliphatic heterocycles. The lowest BCUT2D eigenvalue weighted by Crippen LogP contribution is -2.14. The Balaban J connectivity index is 2.16. The predicted octanol–water partition coefficient (Wildman–Crippen LogP) is 1.74. The number of nitrogens with one attached hydrogen (secondary N) is 1. The van der Waals surface area contributed by atoms with Gasteiger partial charge in [0.2, 0.25) is 0 Å². The van der Waals surface area contributed by atoms with Gasteiger partial charge in [0.05, 0.1) is 6.10 Å². The first kappa shape index (κ1) is 9.00. The van der Waals surface area contributed by atoms with E-state index in [-0.39, 0.29) is 12.1 Å². The van der Waals surface area contributed by atoms with E-state index in [9.17, 15) is 5.11 Å². The third kappa shape index (κ3) is 2.02. The molecule has 1 saturated heterocycles. The second kappa shape index (κ2) is 3.66. The van der Waals surface area contributed by atoms with Gasteiger partial charge in [0.15, 0.2) is 0 Å². The fourth-order valence-electron chi connectivity index (χ4n) is 1.69. The molecule has 0 aliphatic carbocycles. The van der Waals surface area contributed by atoms with Crippen LogP contribution in [0, 0.1) is 0 Å². The zero-order chi connectivity index (χ0) is 9.26. The van der Waals surface area contributed by atoms with Gasteiger partial charge in [-0.05, 0) is 24.1 Å². The number of halogens is 1. The van der Waals surface area contributed by atoms with E-state index in [1.165, 1.54) is 0 Å². The van der Waals surface area contributed by atoms with E-state index in [2.05, 4.69) is 5.32 Å². The molecule has 0 amide bonds. The van der Waals surface area contributed by atoms with Crippen LogP contribution in [-0.4, -0.2) is 17.8 Å². The third-order valence-electron chi connectivity index (χ3n) is 2.36. The summed E-state index contributed by atoms with van der Waals surface area (Å²) in [6.07, 6.45) is 0.560. The van der Waals surface area contributed by atoms with Gasteiger partial charge in [0.1, 0.15) is 0 Å². The van der Waals surface area contributed by atoms with Crippen molar-refractivity contribution in [2.45, 2.75) is 18.6 Å². The molecule has 1 fully saturated rings. The van der Waals surface area contributed by atoms with Gasteiger partial charge in [0, 0.05) is 17.6 Å². The van der Waals surface area contributed by atoms with Crippen LogP contribution in [0.15, 0.2) is 24.3 Å². The van der Waals surface area contributed by atoms with Crippen LogP contribution in [-0.2, 0) is 0 Å². The minimum Gasteiger partial charge on any atom is -0.392 e. The lowest BCUT2D eigenvalue weighted by Gasteiger charge is -2.09. The van der Waals surface area contributed by atoms with Crippen LogP contribution in [0.1, 0.15) is 18.0 Å². The molecule has 2 unspecified atom stereocenters. The highest BCUT2D eigenvalue weighted by Gasteiger charge is 2.23. The molecule has 0 radical (unpaired) electrons. The molecule has 1 aliphatic rings. The van der Waals surface area contributed by atoms with Crippen LogP contribution >= 0.6 is 11.6 Å². The predicted molar refractivity (Wildman–Crippen MR) is 52.8 cm³/mol. The average molecular weight is 198 g/mol. The molecule has 2 atom stereocenters. The smallest absolute Gasteiger partial charge is 0.0682 e. The van der Waals surface area contributed by atoms with Crippen molar-refractivity contribution in [2.75, 3.05) is 6.54 Å². The van der Waals surface area contributed by atoms with Gasteiger partial charge in [-0.1, -0.05) is 23.7 Å². The molecule has 1 aromatic carbocycles. The molecular formula is C10H12ClNO. The maximum Gasteiger partial charge on any atom is 0.0682 e. The number of hydrogen-bond acceptors (Lipinski definition) is 2. The topological polar surface area (TPSA) is 32.3 Å². The minimum atomic E-state index is -0.219. The summed E-state index contributed by atoms with van der Waals surface area (Å²) in [5, 5.41) is 13.3. The van der Waals surface area contributed by atoms with Gasteiger partial charge >= 0.3 is 0 Å². The van der Waals surface area contributed by atoms with E-state index in [0.717, 1.165) is 17.0 Å². The van der Waals surface area contributed by atoms with Crippen molar-refractivity contribution in [3.05, 3.63) is 34.9 Å². The zero-order valence-electron chi connectivity index (χ0n) is 7.20. The summed E-state index contributed by atoms with van der Waals surface area (Å²) < 4.78 is 0. The Bertz CT molecular complexity index is 303. The molecule has 0 saturated carbocycles. The molecule has 2 rings (SSSR count). The van der Waals surface area contributed by atoms with Gasteiger partial charge in [-0.3, -0.25) is 0 Å². The number of rotatable bonds is 1. The minimum absolute atomic E-state index is 0.219. The largest absolute Gasteiger partial charge is 0.392 e. The van der Waals surface area contributed by atoms with E-state index in [4.69, 9.17) is 11.6 Å². The molecule has 0 bridgehead atoms. The first-order valence-corrected chi connectivity index (χ1v) is 4.80. The van der Waals surface area contributed by atoms with Crippen molar-refractivity contribution in [1.29, 1.82) is 0 Å². The average Bonchev–Trinajstić information content (AvgIpc) is 2.52. The second-order valence-electron chi connectivity index (χ2n) is 3.41. The quantitative estimate of drug-likeness (QED) is 0.719. The van der Waals surface area contributed by atoms with Gasteiger partial charge in [-0.25, -0.2) is 0 Å². The van der Waals surface area contributed by atoms with E-state index in [1.54, 1.807) is 0 Å². The number of hydrogen-bond donors (Lipinski definition) is 2. The Hall–Kier alpha value is -0.570. The Kier molecular flexibility index (Phi) is 2.54. The SMILES string of the molecule is OC1CNC(c2cccc(Cl)c2)C1. The summed E-state index contributed by atoms with van der Waals surface area (Å²) in [7, 11) is 0. The van der Waals surface area contributed by atoms with Crippen molar-refractivity contribution in [2.24, 2.45) is 0 Å². The Labute approximate surface area is 82.5 Å². The highest BCUT2D eigenvalue weighted by Crippen LogP contribution is 2.25. The molecule has 3 heteroatoms. The van der Waals surface area contributed by atoms with E-state index >= 15 is 0 Å². The Morgan fingerprint density at radius 1 is 1.46 bits per heavy atom. The summed E-state index contributed by atoms with van der Waals surface area (Å²) >= 11 is 5.87. The molecule has 2 nitrogen and oxygen atoms in total. The van der Waals surface area contributed by atoms with Crippen LogP contribution in [0.4, 0.5) is 0 Å². The maximum absolute atomic E-state index is 9.33. The second-order valence-corrected chi connectivity index (χ2v) is 3.84. The van der Waals surface area contributed by atoms with Crippen LogP contribution in [0.25, 0.3) is 0 Å². The summed E-state index contributed by atoms with van der Waals surface area (Å²) in [5.74, 6) is 0. The van der Waals surface area contributed by atoms with Crippen molar-refractivity contribution in [3.8, 4) is 0 Å². The number of aliphatic hydroxyl groups excluding tert-OH is 1. The number of benzene rings is 1. The van der Waals surface area contributed by atoms with Crippen molar-refractivity contribution in [3.63, 3.8) is 0 Å². The zero-order valence-corrected chi connectivity index (χ0v) is 7.96. The van der Waals surface area contributed by atoms with E-state index in [1.807, 2.05) is 24.3 Å². The highest BCUT2D eigenvalue weighted by atomic mass is 35.5. The summed E-state index contributed by atoms with van der Waals surface area (Å²) in [6.45, 7) is 0.678. The molecule has 0 aromatic heterocycles. The van der Waals surface area contributed by atoms with Gasteiger partial charge in [-0.15, -0.1) is 0 Å². The van der Waals surface area contributed by atoms with Crippen LogP contribution in [0.2, 0.25) is 5.02 Å². The van der Waals surface area contributed by atoms with Crippen molar-refractivity contribution >= 4 is 11.6 Å². The molecule has 1 heterocycles. The van der Waals surface area contributed by atoms with Crippen molar-refractivity contribution in [1.82, 2.24) is 5.32 Å². The first-order valence-electron chi connectivity index (χ1n) is 4.42.